The molecule has 1 aliphatic heterocycles. The number of hydrogen-bond donors (Lipinski definition) is 0. The molecule has 1 aromatic heterocycles. The molecule has 0 radical (unpaired) electrons. The molecule has 1 unspecified atom stereocenters. The van der Waals surface area contributed by atoms with Crippen molar-refractivity contribution in [1.82, 2.24) is 20.2 Å². The molecule has 0 bridgehead atoms. The van der Waals surface area contributed by atoms with Crippen LogP contribution in [-0.4, -0.2) is 37.9 Å². The molecular weight excluding hydrogens is 358 g/mol. The predicted molar refractivity (Wildman–Crippen MR) is 106 cm³/mol. The second-order valence-electron chi connectivity index (χ2n) is 6.69. The third-order valence-corrected chi connectivity index (χ3v) is 5.98. The lowest BCUT2D eigenvalue weighted by Crippen LogP contribution is -2.43. The number of nitrogens with zero attached hydrogens (tertiary/aromatic N) is 5. The monoisotopic (exact) mass is 379 g/mol. The molecular formula is C20H21N5OS. The van der Waals surface area contributed by atoms with Gasteiger partial charge in [0.2, 0.25) is 11.1 Å². The lowest BCUT2D eigenvalue weighted by Gasteiger charge is -2.31. The van der Waals surface area contributed by atoms with Crippen molar-refractivity contribution in [3.8, 4) is 5.69 Å². The fourth-order valence-electron chi connectivity index (χ4n) is 3.48. The number of rotatable bonds is 4. The molecule has 1 aliphatic rings. The van der Waals surface area contributed by atoms with Gasteiger partial charge in [0.25, 0.3) is 0 Å². The van der Waals surface area contributed by atoms with Gasteiger partial charge in [-0.15, -0.1) is 5.10 Å². The molecule has 1 saturated heterocycles. The molecule has 7 heteroatoms. The van der Waals surface area contributed by atoms with Gasteiger partial charge in [-0.1, -0.05) is 48.2 Å². The van der Waals surface area contributed by atoms with Crippen LogP contribution in [0.25, 0.3) is 5.69 Å². The van der Waals surface area contributed by atoms with E-state index in [4.69, 9.17) is 0 Å². The van der Waals surface area contributed by atoms with Crippen molar-refractivity contribution in [2.24, 2.45) is 0 Å². The number of aromatic nitrogens is 4. The van der Waals surface area contributed by atoms with Crippen LogP contribution in [0.15, 0.2) is 53.7 Å². The van der Waals surface area contributed by atoms with Crippen molar-refractivity contribution in [1.29, 1.82) is 0 Å². The van der Waals surface area contributed by atoms with Crippen LogP contribution in [0.3, 0.4) is 0 Å². The maximum absolute atomic E-state index is 13.1. The lowest BCUT2D eigenvalue weighted by molar-refractivity contribution is -0.119. The molecule has 0 saturated carbocycles. The highest BCUT2D eigenvalue weighted by molar-refractivity contribution is 8.00. The summed E-state index contributed by atoms with van der Waals surface area (Å²) >= 11 is 1.45. The zero-order chi connectivity index (χ0) is 18.8. The Morgan fingerprint density at radius 3 is 2.52 bits per heavy atom. The van der Waals surface area contributed by atoms with E-state index in [0.717, 1.165) is 41.9 Å². The summed E-state index contributed by atoms with van der Waals surface area (Å²) in [5.41, 5.74) is 4.13. The smallest absolute Gasteiger partial charge is 0.240 e. The molecule has 2 heterocycles. The van der Waals surface area contributed by atoms with Gasteiger partial charge >= 0.3 is 0 Å². The molecule has 1 fully saturated rings. The van der Waals surface area contributed by atoms with Crippen LogP contribution in [0.4, 0.5) is 5.69 Å². The third-order valence-electron chi connectivity index (χ3n) is 4.80. The second kappa shape index (κ2) is 7.52. The minimum absolute atomic E-state index is 0.119. The molecule has 3 aromatic rings. The molecule has 0 spiro atoms. The Labute approximate surface area is 162 Å². The summed E-state index contributed by atoms with van der Waals surface area (Å²) in [6, 6.07) is 15.9. The Morgan fingerprint density at radius 2 is 1.78 bits per heavy atom. The first-order valence-corrected chi connectivity index (χ1v) is 9.91. The summed E-state index contributed by atoms with van der Waals surface area (Å²) in [6.07, 6.45) is 1.79. The van der Waals surface area contributed by atoms with E-state index in [-0.39, 0.29) is 11.2 Å². The highest BCUT2D eigenvalue weighted by Gasteiger charge is 2.32. The third kappa shape index (κ3) is 3.47. The SMILES string of the molecule is Cc1cccc(C)c1-n1nnnc1SC1CCCN(c2ccccc2)C1=O. The quantitative estimate of drug-likeness (QED) is 0.693. The maximum atomic E-state index is 13.1. The molecule has 6 nitrogen and oxygen atoms in total. The van der Waals surface area contributed by atoms with Crippen molar-refractivity contribution in [2.75, 3.05) is 11.4 Å². The zero-order valence-corrected chi connectivity index (χ0v) is 16.2. The van der Waals surface area contributed by atoms with Gasteiger partial charge in [0, 0.05) is 12.2 Å². The molecule has 0 N–H and O–H groups in total. The summed E-state index contributed by atoms with van der Waals surface area (Å²) < 4.78 is 1.75. The van der Waals surface area contributed by atoms with Gasteiger partial charge in [-0.25, -0.2) is 0 Å². The molecule has 1 amide bonds. The first-order valence-electron chi connectivity index (χ1n) is 9.03. The van der Waals surface area contributed by atoms with Gasteiger partial charge in [-0.3, -0.25) is 4.79 Å². The van der Waals surface area contributed by atoms with Crippen molar-refractivity contribution in [3.05, 3.63) is 59.7 Å². The van der Waals surface area contributed by atoms with Gasteiger partial charge in [-0.05, 0) is 60.4 Å². The van der Waals surface area contributed by atoms with Crippen LogP contribution in [0.1, 0.15) is 24.0 Å². The molecule has 138 valence electrons. The summed E-state index contributed by atoms with van der Waals surface area (Å²) in [6.45, 7) is 4.84. The van der Waals surface area contributed by atoms with Crippen molar-refractivity contribution in [2.45, 2.75) is 37.1 Å². The van der Waals surface area contributed by atoms with Crippen LogP contribution in [0.5, 0.6) is 0 Å². The van der Waals surface area contributed by atoms with Crippen LogP contribution in [-0.2, 0) is 4.79 Å². The van der Waals surface area contributed by atoms with E-state index in [9.17, 15) is 4.79 Å². The van der Waals surface area contributed by atoms with E-state index in [0.29, 0.717) is 5.16 Å². The summed E-state index contributed by atoms with van der Waals surface area (Å²) in [4.78, 5) is 14.9. The topological polar surface area (TPSA) is 63.9 Å². The number of benzene rings is 2. The zero-order valence-electron chi connectivity index (χ0n) is 15.4. The minimum atomic E-state index is -0.187. The number of amides is 1. The number of piperidine rings is 1. The van der Waals surface area contributed by atoms with Gasteiger partial charge in [0.05, 0.1) is 10.9 Å². The lowest BCUT2D eigenvalue weighted by atomic mass is 10.1. The molecule has 1 atom stereocenters. The Kier molecular flexibility index (Phi) is 4.94. The van der Waals surface area contributed by atoms with Gasteiger partial charge in [0.15, 0.2) is 0 Å². The van der Waals surface area contributed by atoms with E-state index in [1.807, 2.05) is 67.3 Å². The van der Waals surface area contributed by atoms with E-state index < -0.39 is 0 Å². The largest absolute Gasteiger partial charge is 0.311 e. The minimum Gasteiger partial charge on any atom is -0.311 e. The van der Waals surface area contributed by atoms with Gasteiger partial charge in [0.1, 0.15) is 0 Å². The number of carbonyl (C=O) groups is 1. The predicted octanol–water partition coefficient (Wildman–Crippen LogP) is 3.57. The van der Waals surface area contributed by atoms with Crippen LogP contribution < -0.4 is 4.90 Å². The fraction of sp³-hybridized carbons (Fsp3) is 0.300. The van der Waals surface area contributed by atoms with Crippen molar-refractivity contribution >= 4 is 23.4 Å². The van der Waals surface area contributed by atoms with Crippen molar-refractivity contribution in [3.63, 3.8) is 0 Å². The second-order valence-corrected chi connectivity index (χ2v) is 7.86. The van der Waals surface area contributed by atoms with Crippen LogP contribution in [0, 0.1) is 13.8 Å². The first-order chi connectivity index (χ1) is 13.1. The number of aryl methyl sites for hydroxylation is 2. The Hall–Kier alpha value is -2.67. The molecule has 2 aromatic carbocycles. The summed E-state index contributed by atoms with van der Waals surface area (Å²) in [5.74, 6) is 0.119. The Balaban J connectivity index is 1.60. The number of para-hydroxylation sites is 2. The Bertz CT molecular complexity index is 936. The fourth-order valence-corrected chi connectivity index (χ4v) is 4.55. The molecule has 0 aliphatic carbocycles. The number of anilines is 1. The summed E-state index contributed by atoms with van der Waals surface area (Å²) in [5, 5.41) is 12.7. The maximum Gasteiger partial charge on any atom is 0.240 e. The molecule has 27 heavy (non-hydrogen) atoms. The van der Waals surface area contributed by atoms with E-state index >= 15 is 0 Å². The first kappa shape index (κ1) is 17.7. The average Bonchev–Trinajstić information content (AvgIpc) is 3.12. The number of carbonyl (C=O) groups excluding carboxylic acids is 1. The van der Waals surface area contributed by atoms with Gasteiger partial charge in [-0.2, -0.15) is 4.68 Å². The van der Waals surface area contributed by atoms with E-state index in [1.54, 1.807) is 4.68 Å². The van der Waals surface area contributed by atoms with E-state index in [2.05, 4.69) is 15.5 Å². The van der Waals surface area contributed by atoms with Crippen LogP contribution in [0.2, 0.25) is 0 Å². The molecule has 4 rings (SSSR count). The van der Waals surface area contributed by atoms with Crippen molar-refractivity contribution < 1.29 is 4.79 Å². The number of tetrazole rings is 1. The van der Waals surface area contributed by atoms with E-state index in [1.165, 1.54) is 11.8 Å². The summed E-state index contributed by atoms with van der Waals surface area (Å²) in [7, 11) is 0. The average molecular weight is 379 g/mol. The Morgan fingerprint density at radius 1 is 1.04 bits per heavy atom. The standard InChI is InChI=1S/C20H21N5OS/c1-14-8-6-9-15(2)18(14)25-20(21-22-23-25)27-17-12-7-13-24(19(17)26)16-10-4-3-5-11-16/h3-6,8-11,17H,7,12-13H2,1-2H3. The van der Waals surface area contributed by atoms with Crippen LogP contribution >= 0.6 is 11.8 Å². The highest BCUT2D eigenvalue weighted by atomic mass is 32.2. The highest BCUT2D eigenvalue weighted by Crippen LogP contribution is 2.33. The number of thioether (sulfide) groups is 1. The van der Waals surface area contributed by atoms with Gasteiger partial charge < -0.3 is 4.90 Å². The normalized spacial score (nSPS) is 17.3. The number of hydrogen-bond acceptors (Lipinski definition) is 5.